The Kier molecular flexibility index (Phi) is 7.44. The highest BCUT2D eigenvalue weighted by molar-refractivity contribution is 5.94. The third kappa shape index (κ3) is 6.02. The van der Waals surface area contributed by atoms with Crippen LogP contribution in [0.3, 0.4) is 0 Å². The molecule has 0 spiro atoms. The van der Waals surface area contributed by atoms with Crippen molar-refractivity contribution >= 4 is 28.2 Å². The minimum atomic E-state index is -4.56. The fraction of sp³-hybridized carbons (Fsp3) is 0.500. The van der Waals surface area contributed by atoms with Crippen LogP contribution in [0.5, 0.6) is 0 Å². The molecule has 0 radical (unpaired) electrons. The lowest BCUT2D eigenvalue weighted by molar-refractivity contribution is -0.140. The maximum atomic E-state index is 13.4. The first-order chi connectivity index (χ1) is 18.2. The number of rotatable bonds is 6. The number of amides is 1. The van der Waals surface area contributed by atoms with Crippen LogP contribution >= 0.6 is 0 Å². The predicted octanol–water partition coefficient (Wildman–Crippen LogP) is 3.77. The number of carbonyl (C=O) groups is 1. The molecule has 4 N–H and O–H groups in total. The van der Waals surface area contributed by atoms with Crippen LogP contribution in [0.15, 0.2) is 36.7 Å². The topological polar surface area (TPSA) is 104 Å². The molecule has 2 fully saturated rings. The van der Waals surface area contributed by atoms with Crippen molar-refractivity contribution in [2.45, 2.75) is 37.9 Å². The van der Waals surface area contributed by atoms with Gasteiger partial charge in [-0.05, 0) is 76.0 Å². The number of nitrogens with two attached hydrogens (primary N) is 1. The SMILES string of the molecule is CN1CCC(n2cc(C(=O)NN3CCCC(CNc4cc(C(F)(F)F)nc5ccc(N)cc45)C3)cn2)CC1. The summed E-state index contributed by atoms with van der Waals surface area (Å²) in [6, 6.07) is 6.00. The van der Waals surface area contributed by atoms with Gasteiger partial charge in [0.05, 0.1) is 23.3 Å². The van der Waals surface area contributed by atoms with Gasteiger partial charge in [-0.2, -0.15) is 18.3 Å². The molecule has 204 valence electrons. The Morgan fingerprint density at radius 1 is 1.16 bits per heavy atom. The third-order valence-corrected chi connectivity index (χ3v) is 7.41. The Hall–Kier alpha value is -3.38. The molecule has 9 nitrogen and oxygen atoms in total. The first-order valence-corrected chi connectivity index (χ1v) is 13.0. The lowest BCUT2D eigenvalue weighted by Gasteiger charge is -2.33. The Balaban J connectivity index is 1.21. The summed E-state index contributed by atoms with van der Waals surface area (Å²) in [5.74, 6) is -0.0761. The first-order valence-electron chi connectivity index (χ1n) is 13.0. The van der Waals surface area contributed by atoms with E-state index in [2.05, 4.69) is 32.8 Å². The fourth-order valence-corrected chi connectivity index (χ4v) is 5.25. The molecule has 3 aromatic rings. The highest BCUT2D eigenvalue weighted by Crippen LogP contribution is 2.34. The van der Waals surface area contributed by atoms with Crippen LogP contribution in [0.2, 0.25) is 0 Å². The summed E-state index contributed by atoms with van der Waals surface area (Å²) in [4.78, 5) is 19.0. The van der Waals surface area contributed by atoms with Gasteiger partial charge in [-0.1, -0.05) is 0 Å². The Bertz CT molecular complexity index is 1290. The van der Waals surface area contributed by atoms with Gasteiger partial charge in [-0.3, -0.25) is 14.9 Å². The van der Waals surface area contributed by atoms with Gasteiger partial charge in [-0.15, -0.1) is 0 Å². The number of piperidine rings is 2. The number of pyridine rings is 1. The van der Waals surface area contributed by atoms with Crippen LogP contribution in [-0.2, 0) is 6.18 Å². The Morgan fingerprint density at radius 2 is 1.95 bits per heavy atom. The van der Waals surface area contributed by atoms with E-state index < -0.39 is 11.9 Å². The number of anilines is 2. The molecule has 1 atom stereocenters. The number of nitrogens with one attached hydrogen (secondary N) is 2. The smallest absolute Gasteiger partial charge is 0.399 e. The molecule has 2 aliphatic heterocycles. The molecule has 12 heteroatoms. The van der Waals surface area contributed by atoms with Crippen LogP contribution in [0.25, 0.3) is 10.9 Å². The Morgan fingerprint density at radius 3 is 2.71 bits per heavy atom. The molecule has 1 amide bonds. The molecule has 2 aliphatic rings. The fourth-order valence-electron chi connectivity index (χ4n) is 5.25. The van der Waals surface area contributed by atoms with Gasteiger partial charge < -0.3 is 16.0 Å². The normalized spacial score (nSPS) is 20.1. The van der Waals surface area contributed by atoms with Crippen molar-refractivity contribution < 1.29 is 18.0 Å². The zero-order chi connectivity index (χ0) is 26.9. The summed E-state index contributed by atoms with van der Waals surface area (Å²) in [6.07, 6.45) is 2.62. The number of fused-ring (bicyclic) bond motifs is 1. The minimum Gasteiger partial charge on any atom is -0.399 e. The van der Waals surface area contributed by atoms with E-state index in [9.17, 15) is 18.0 Å². The van der Waals surface area contributed by atoms with Crippen LogP contribution in [0, 0.1) is 5.92 Å². The highest BCUT2D eigenvalue weighted by Gasteiger charge is 2.33. The van der Waals surface area contributed by atoms with Crippen molar-refractivity contribution in [1.82, 2.24) is 30.1 Å². The number of alkyl halides is 3. The molecule has 2 saturated heterocycles. The zero-order valence-electron chi connectivity index (χ0n) is 21.3. The number of hydrogen-bond acceptors (Lipinski definition) is 7. The minimum absolute atomic E-state index is 0.129. The molecule has 4 heterocycles. The van der Waals surface area contributed by atoms with Gasteiger partial charge >= 0.3 is 6.18 Å². The van der Waals surface area contributed by atoms with Crippen molar-refractivity contribution in [2.75, 3.05) is 50.8 Å². The van der Waals surface area contributed by atoms with E-state index in [-0.39, 0.29) is 17.3 Å². The zero-order valence-corrected chi connectivity index (χ0v) is 21.3. The summed E-state index contributed by atoms with van der Waals surface area (Å²) >= 11 is 0. The summed E-state index contributed by atoms with van der Waals surface area (Å²) in [6.45, 7) is 3.76. The number of nitrogen functional groups attached to an aromatic ring is 1. The van der Waals surface area contributed by atoms with E-state index in [1.165, 1.54) is 6.07 Å². The number of aromatic nitrogens is 3. The molecule has 0 saturated carbocycles. The van der Waals surface area contributed by atoms with Crippen LogP contribution in [-0.4, -0.2) is 70.4 Å². The number of nitrogens with zero attached hydrogens (tertiary/aromatic N) is 5. The molecular formula is C26H33F3N8O. The molecule has 38 heavy (non-hydrogen) atoms. The summed E-state index contributed by atoms with van der Waals surface area (Å²) in [5.41, 5.74) is 9.46. The van der Waals surface area contributed by atoms with Gasteiger partial charge in [0.15, 0.2) is 0 Å². The van der Waals surface area contributed by atoms with Gasteiger partial charge in [0.2, 0.25) is 0 Å². The molecule has 2 aromatic heterocycles. The lowest BCUT2D eigenvalue weighted by atomic mass is 9.99. The van der Waals surface area contributed by atoms with Gasteiger partial charge in [0.1, 0.15) is 5.69 Å². The average Bonchev–Trinajstić information content (AvgIpc) is 3.38. The molecule has 0 aliphatic carbocycles. The van der Waals surface area contributed by atoms with Crippen molar-refractivity contribution in [1.29, 1.82) is 0 Å². The van der Waals surface area contributed by atoms with Crippen molar-refractivity contribution in [3.8, 4) is 0 Å². The van der Waals surface area contributed by atoms with Gasteiger partial charge in [-0.25, -0.2) is 9.99 Å². The molecule has 1 unspecified atom stereocenters. The van der Waals surface area contributed by atoms with E-state index in [1.54, 1.807) is 18.3 Å². The van der Waals surface area contributed by atoms with E-state index in [0.717, 1.165) is 44.8 Å². The monoisotopic (exact) mass is 530 g/mol. The predicted molar refractivity (Wildman–Crippen MR) is 139 cm³/mol. The van der Waals surface area contributed by atoms with Crippen LogP contribution in [0.4, 0.5) is 24.5 Å². The van der Waals surface area contributed by atoms with Crippen LogP contribution < -0.4 is 16.5 Å². The third-order valence-electron chi connectivity index (χ3n) is 7.41. The Labute approximate surface area is 219 Å². The first kappa shape index (κ1) is 26.2. The van der Waals surface area contributed by atoms with Gasteiger partial charge in [0, 0.05) is 42.6 Å². The second kappa shape index (κ2) is 10.8. The largest absolute Gasteiger partial charge is 0.433 e. The van der Waals surface area contributed by atoms with Gasteiger partial charge in [0.25, 0.3) is 5.91 Å². The number of likely N-dealkylation sites (tertiary alicyclic amines) is 1. The summed E-state index contributed by atoms with van der Waals surface area (Å²) < 4.78 is 42.2. The second-order valence-electron chi connectivity index (χ2n) is 10.3. The molecule has 0 bridgehead atoms. The number of hydrogen-bond donors (Lipinski definition) is 3. The van der Waals surface area contributed by atoms with E-state index in [1.807, 2.05) is 15.9 Å². The number of benzene rings is 1. The lowest BCUT2D eigenvalue weighted by Crippen LogP contribution is -2.48. The second-order valence-corrected chi connectivity index (χ2v) is 10.3. The summed E-state index contributed by atoms with van der Waals surface area (Å²) in [5, 5.41) is 10.0. The standard InChI is InChI=1S/C26H33F3N8O/c1-35-9-6-20(7-10-35)37-16-18(14-32-37)25(38)34-36-8-2-3-17(15-36)13-31-23-12-24(26(27,28)29)33-22-5-4-19(30)11-21(22)23/h4-5,11-12,14,16-17,20H,2-3,6-10,13,15,30H2,1H3,(H,31,33)(H,34,38). The van der Waals surface area contributed by atoms with Crippen molar-refractivity contribution in [3.63, 3.8) is 0 Å². The van der Waals surface area contributed by atoms with Crippen molar-refractivity contribution in [2.24, 2.45) is 5.92 Å². The maximum Gasteiger partial charge on any atom is 0.433 e. The quantitative estimate of drug-likeness (QED) is 0.417. The molecule has 5 rings (SSSR count). The maximum absolute atomic E-state index is 13.4. The van der Waals surface area contributed by atoms with E-state index >= 15 is 0 Å². The van der Waals surface area contributed by atoms with E-state index in [4.69, 9.17) is 5.73 Å². The number of carbonyl (C=O) groups excluding carboxylic acids is 1. The number of halogens is 3. The average molecular weight is 531 g/mol. The molecular weight excluding hydrogens is 497 g/mol. The van der Waals surface area contributed by atoms with E-state index in [0.29, 0.717) is 48.0 Å². The van der Waals surface area contributed by atoms with Crippen LogP contribution in [0.1, 0.15) is 47.8 Å². The number of hydrazine groups is 1. The summed E-state index contributed by atoms with van der Waals surface area (Å²) in [7, 11) is 2.11. The molecule has 1 aromatic carbocycles. The van der Waals surface area contributed by atoms with Crippen molar-refractivity contribution in [3.05, 3.63) is 47.9 Å². The highest BCUT2D eigenvalue weighted by atomic mass is 19.4.